The molecule has 1 aromatic heterocycles. The summed E-state index contributed by atoms with van der Waals surface area (Å²) in [6.45, 7) is 7.37. The second kappa shape index (κ2) is 8.52. The number of rotatable bonds is 6. The number of nitrogens with one attached hydrogen (secondary N) is 1. The third kappa shape index (κ3) is 4.86. The average molecular weight is 388 g/mol. The van der Waals surface area contributed by atoms with Crippen molar-refractivity contribution in [2.75, 3.05) is 13.1 Å². The number of ether oxygens (including phenoxy) is 1. The molecule has 0 spiro atoms. The van der Waals surface area contributed by atoms with Gasteiger partial charge in [0.05, 0.1) is 12.1 Å². The summed E-state index contributed by atoms with van der Waals surface area (Å²) in [5, 5.41) is 5.56. The van der Waals surface area contributed by atoms with Gasteiger partial charge in [-0.3, -0.25) is 9.59 Å². The van der Waals surface area contributed by atoms with Crippen molar-refractivity contribution in [3.63, 3.8) is 0 Å². The van der Waals surface area contributed by atoms with Gasteiger partial charge in [-0.05, 0) is 25.0 Å². The lowest BCUT2D eigenvalue weighted by molar-refractivity contribution is -0.144. The number of carbonyl (C=O) groups is 2. The van der Waals surface area contributed by atoms with Crippen molar-refractivity contribution in [2.24, 2.45) is 5.92 Å². The molecule has 1 aliphatic heterocycles. The van der Waals surface area contributed by atoms with E-state index in [9.17, 15) is 9.59 Å². The lowest BCUT2D eigenvalue weighted by Crippen LogP contribution is -2.59. The standard InChI is InChI=1S/C20H25N3O3S/c1-13(2)19-20(25)21-8-9-23(19)18(24)10-15-12-27-17(22-15)11-26-16-6-4-14(3)5-7-16/h4-7,12-13,19H,8-11H2,1-3H3,(H,21,25). The van der Waals surface area contributed by atoms with Crippen molar-refractivity contribution >= 4 is 23.2 Å². The summed E-state index contributed by atoms with van der Waals surface area (Å²) in [5.74, 6) is 0.741. The van der Waals surface area contributed by atoms with Crippen molar-refractivity contribution in [2.45, 2.75) is 39.8 Å². The number of nitrogens with zero attached hydrogens (tertiary/aromatic N) is 2. The van der Waals surface area contributed by atoms with Crippen LogP contribution in [0, 0.1) is 12.8 Å². The Balaban J connectivity index is 1.58. The number of thiazole rings is 1. The van der Waals surface area contributed by atoms with Gasteiger partial charge in [0.2, 0.25) is 11.8 Å². The summed E-state index contributed by atoms with van der Waals surface area (Å²) in [5.41, 5.74) is 1.91. The van der Waals surface area contributed by atoms with Crippen LogP contribution in [0.4, 0.5) is 0 Å². The summed E-state index contributed by atoms with van der Waals surface area (Å²) in [6.07, 6.45) is 0.206. The van der Waals surface area contributed by atoms with Crippen LogP contribution in [-0.4, -0.2) is 40.8 Å². The molecular formula is C20H25N3O3S. The van der Waals surface area contributed by atoms with E-state index in [1.807, 2.05) is 50.4 Å². The fraction of sp³-hybridized carbons (Fsp3) is 0.450. The largest absolute Gasteiger partial charge is 0.486 e. The molecular weight excluding hydrogens is 362 g/mol. The van der Waals surface area contributed by atoms with Crippen LogP contribution in [0.3, 0.4) is 0 Å². The maximum Gasteiger partial charge on any atom is 0.243 e. The molecule has 0 bridgehead atoms. The third-order valence-corrected chi connectivity index (χ3v) is 5.39. The van der Waals surface area contributed by atoms with Crippen molar-refractivity contribution in [1.29, 1.82) is 0 Å². The third-order valence-electron chi connectivity index (χ3n) is 4.52. The van der Waals surface area contributed by atoms with E-state index in [1.54, 1.807) is 4.90 Å². The molecule has 144 valence electrons. The van der Waals surface area contributed by atoms with Gasteiger partial charge in [0.15, 0.2) is 0 Å². The van der Waals surface area contributed by atoms with Crippen LogP contribution in [0.2, 0.25) is 0 Å². The lowest BCUT2D eigenvalue weighted by Gasteiger charge is -2.37. The first-order valence-corrected chi connectivity index (χ1v) is 10.0. The fourth-order valence-corrected chi connectivity index (χ4v) is 3.86. The first kappa shape index (κ1) is 19.4. The lowest BCUT2D eigenvalue weighted by atomic mass is 9.99. The summed E-state index contributed by atoms with van der Waals surface area (Å²) in [7, 11) is 0. The molecule has 6 nitrogen and oxygen atoms in total. The van der Waals surface area contributed by atoms with Gasteiger partial charge in [0, 0.05) is 18.5 Å². The van der Waals surface area contributed by atoms with E-state index in [-0.39, 0.29) is 24.2 Å². The molecule has 2 aromatic rings. The Morgan fingerprint density at radius 2 is 2.11 bits per heavy atom. The van der Waals surface area contributed by atoms with E-state index in [4.69, 9.17) is 4.74 Å². The Kier molecular flexibility index (Phi) is 6.11. The second-order valence-electron chi connectivity index (χ2n) is 7.08. The zero-order valence-corrected chi connectivity index (χ0v) is 16.7. The van der Waals surface area contributed by atoms with Gasteiger partial charge in [0.1, 0.15) is 23.4 Å². The van der Waals surface area contributed by atoms with Crippen LogP contribution in [0.5, 0.6) is 5.75 Å². The van der Waals surface area contributed by atoms with Crippen LogP contribution in [0.25, 0.3) is 0 Å². The van der Waals surface area contributed by atoms with Gasteiger partial charge < -0.3 is 15.0 Å². The molecule has 1 saturated heterocycles. The number of hydrogen-bond acceptors (Lipinski definition) is 5. The zero-order chi connectivity index (χ0) is 19.4. The fourth-order valence-electron chi connectivity index (χ4n) is 3.16. The predicted molar refractivity (Wildman–Crippen MR) is 105 cm³/mol. The van der Waals surface area contributed by atoms with E-state index in [2.05, 4.69) is 10.3 Å². The predicted octanol–water partition coefficient (Wildman–Crippen LogP) is 2.56. The molecule has 0 radical (unpaired) electrons. The number of carbonyl (C=O) groups excluding carboxylic acids is 2. The second-order valence-corrected chi connectivity index (χ2v) is 8.02. The van der Waals surface area contributed by atoms with Gasteiger partial charge in [-0.2, -0.15) is 0 Å². The quantitative estimate of drug-likeness (QED) is 0.827. The van der Waals surface area contributed by atoms with Crippen molar-refractivity contribution in [3.8, 4) is 5.75 Å². The number of aryl methyl sites for hydroxylation is 1. The van der Waals surface area contributed by atoms with Crippen LogP contribution >= 0.6 is 11.3 Å². The number of hydrogen-bond donors (Lipinski definition) is 1. The van der Waals surface area contributed by atoms with Gasteiger partial charge >= 0.3 is 0 Å². The topological polar surface area (TPSA) is 71.5 Å². The van der Waals surface area contributed by atoms with Gasteiger partial charge in [0.25, 0.3) is 0 Å². The first-order valence-electron chi connectivity index (χ1n) is 9.14. The number of amides is 2. The molecule has 1 fully saturated rings. The van der Waals surface area contributed by atoms with E-state index in [0.29, 0.717) is 19.7 Å². The van der Waals surface area contributed by atoms with Crippen molar-refractivity contribution in [1.82, 2.24) is 15.2 Å². The minimum atomic E-state index is -0.408. The molecule has 0 saturated carbocycles. The molecule has 1 aliphatic rings. The Morgan fingerprint density at radius 1 is 1.37 bits per heavy atom. The van der Waals surface area contributed by atoms with Gasteiger partial charge in [-0.25, -0.2) is 4.98 Å². The highest BCUT2D eigenvalue weighted by atomic mass is 32.1. The molecule has 1 atom stereocenters. The van der Waals surface area contributed by atoms with Crippen LogP contribution in [0.1, 0.15) is 30.1 Å². The maximum atomic E-state index is 12.7. The summed E-state index contributed by atoms with van der Waals surface area (Å²) < 4.78 is 5.74. The summed E-state index contributed by atoms with van der Waals surface area (Å²) in [6, 6.07) is 7.46. The number of benzene rings is 1. The Hall–Kier alpha value is -2.41. The van der Waals surface area contributed by atoms with E-state index in [1.165, 1.54) is 16.9 Å². The normalized spacial score (nSPS) is 17.1. The number of aromatic nitrogens is 1. The molecule has 2 amide bonds. The zero-order valence-electron chi connectivity index (χ0n) is 15.9. The minimum Gasteiger partial charge on any atom is -0.486 e. The van der Waals surface area contributed by atoms with E-state index < -0.39 is 6.04 Å². The average Bonchev–Trinajstić information content (AvgIpc) is 3.08. The SMILES string of the molecule is Cc1ccc(OCc2nc(CC(=O)N3CCNC(=O)C3C(C)C)cs2)cc1. The van der Waals surface area contributed by atoms with Gasteiger partial charge in [-0.1, -0.05) is 31.5 Å². The molecule has 3 rings (SSSR count). The van der Waals surface area contributed by atoms with E-state index >= 15 is 0 Å². The van der Waals surface area contributed by atoms with Gasteiger partial charge in [-0.15, -0.1) is 11.3 Å². The molecule has 1 unspecified atom stereocenters. The molecule has 1 aromatic carbocycles. The van der Waals surface area contributed by atoms with Crippen LogP contribution in [-0.2, 0) is 22.6 Å². The molecule has 1 N–H and O–H groups in total. The minimum absolute atomic E-state index is 0.0557. The Morgan fingerprint density at radius 3 is 2.81 bits per heavy atom. The summed E-state index contributed by atoms with van der Waals surface area (Å²) >= 11 is 1.48. The van der Waals surface area contributed by atoms with Crippen molar-refractivity contribution in [3.05, 3.63) is 45.9 Å². The highest BCUT2D eigenvalue weighted by Gasteiger charge is 2.35. The highest BCUT2D eigenvalue weighted by molar-refractivity contribution is 7.09. The highest BCUT2D eigenvalue weighted by Crippen LogP contribution is 2.19. The van der Waals surface area contributed by atoms with Crippen molar-refractivity contribution < 1.29 is 14.3 Å². The Bertz CT molecular complexity index is 801. The Labute approximate surface area is 163 Å². The molecule has 2 heterocycles. The maximum absolute atomic E-state index is 12.7. The molecule has 27 heavy (non-hydrogen) atoms. The first-order chi connectivity index (χ1) is 12.9. The van der Waals surface area contributed by atoms with Crippen LogP contribution < -0.4 is 10.1 Å². The van der Waals surface area contributed by atoms with Crippen LogP contribution in [0.15, 0.2) is 29.6 Å². The number of piperazine rings is 1. The summed E-state index contributed by atoms with van der Waals surface area (Å²) in [4.78, 5) is 31.0. The van der Waals surface area contributed by atoms with E-state index in [0.717, 1.165) is 16.5 Å². The monoisotopic (exact) mass is 387 g/mol. The molecule has 7 heteroatoms. The molecule has 0 aliphatic carbocycles. The smallest absolute Gasteiger partial charge is 0.243 e.